The molecule has 0 aromatic carbocycles. The van der Waals surface area contributed by atoms with Crippen molar-refractivity contribution in [2.75, 3.05) is 0 Å². The Morgan fingerprint density at radius 3 is 2.74 bits per heavy atom. The molecule has 5 heteroatoms. The van der Waals surface area contributed by atoms with Crippen LogP contribution in [0.5, 0.6) is 0 Å². The highest BCUT2D eigenvalue weighted by atomic mass is 16.5. The van der Waals surface area contributed by atoms with Crippen LogP contribution in [0.25, 0.3) is 12.2 Å². The summed E-state index contributed by atoms with van der Waals surface area (Å²) in [4.78, 5) is 4.35. The van der Waals surface area contributed by atoms with Crippen molar-refractivity contribution in [1.82, 2.24) is 10.1 Å². The Labute approximate surface area is 111 Å². The van der Waals surface area contributed by atoms with Crippen molar-refractivity contribution in [3.63, 3.8) is 0 Å². The first-order valence-electron chi connectivity index (χ1n) is 6.53. The molecule has 2 aromatic rings. The minimum atomic E-state index is -0.406. The first-order chi connectivity index (χ1) is 9.16. The van der Waals surface area contributed by atoms with Gasteiger partial charge >= 0.3 is 0 Å². The third kappa shape index (κ3) is 2.46. The van der Waals surface area contributed by atoms with Gasteiger partial charge in [0.1, 0.15) is 11.5 Å². The van der Waals surface area contributed by atoms with E-state index in [9.17, 15) is 0 Å². The molecule has 0 spiro atoms. The van der Waals surface area contributed by atoms with E-state index >= 15 is 0 Å². The van der Waals surface area contributed by atoms with Crippen molar-refractivity contribution in [3.8, 4) is 0 Å². The maximum atomic E-state index is 6.28. The summed E-state index contributed by atoms with van der Waals surface area (Å²) in [5.41, 5.74) is 5.87. The maximum Gasteiger partial charge on any atom is 0.250 e. The Hall–Kier alpha value is -1.88. The fourth-order valence-electron chi connectivity index (χ4n) is 2.43. The molecule has 1 saturated carbocycles. The summed E-state index contributed by atoms with van der Waals surface area (Å²) in [6, 6.07) is 3.80. The number of rotatable bonds is 3. The quantitative estimate of drug-likeness (QED) is 0.916. The van der Waals surface area contributed by atoms with Gasteiger partial charge in [-0.05, 0) is 38.0 Å². The number of aromatic nitrogens is 2. The zero-order valence-electron chi connectivity index (χ0n) is 10.9. The molecule has 2 aromatic heterocycles. The number of hydrogen-bond donors (Lipinski definition) is 1. The van der Waals surface area contributed by atoms with Crippen LogP contribution in [0.1, 0.15) is 48.9 Å². The second-order valence-corrected chi connectivity index (χ2v) is 5.10. The summed E-state index contributed by atoms with van der Waals surface area (Å²) in [7, 11) is 0. The molecule has 0 bridgehead atoms. The second-order valence-electron chi connectivity index (χ2n) is 5.10. The van der Waals surface area contributed by atoms with Crippen molar-refractivity contribution in [2.45, 2.75) is 38.1 Å². The zero-order chi connectivity index (χ0) is 13.3. The standard InChI is InChI=1S/C14H17N3O2/c1-10-4-5-11(18-10)6-7-12-16-13(17-19-12)14(15)8-2-3-9-14/h4-7H,2-3,8-9,15H2,1H3/b7-6+. The van der Waals surface area contributed by atoms with Gasteiger partial charge in [0.2, 0.25) is 0 Å². The average Bonchev–Trinajstić information content (AvgIpc) is 3.08. The van der Waals surface area contributed by atoms with Gasteiger partial charge in [-0.25, -0.2) is 0 Å². The molecule has 0 saturated heterocycles. The van der Waals surface area contributed by atoms with E-state index < -0.39 is 5.54 Å². The lowest BCUT2D eigenvalue weighted by Gasteiger charge is -2.17. The smallest absolute Gasteiger partial charge is 0.250 e. The largest absolute Gasteiger partial charge is 0.462 e. The number of hydrogen-bond acceptors (Lipinski definition) is 5. The lowest BCUT2D eigenvalue weighted by Crippen LogP contribution is -2.34. The molecular formula is C14H17N3O2. The van der Waals surface area contributed by atoms with Crippen LogP contribution in [0.15, 0.2) is 21.1 Å². The molecule has 0 atom stereocenters. The minimum absolute atomic E-state index is 0.406. The third-order valence-corrected chi connectivity index (χ3v) is 3.53. The Morgan fingerprint density at radius 2 is 2.05 bits per heavy atom. The number of nitrogens with two attached hydrogens (primary N) is 1. The highest BCUT2D eigenvalue weighted by Gasteiger charge is 2.35. The molecule has 5 nitrogen and oxygen atoms in total. The van der Waals surface area contributed by atoms with E-state index in [4.69, 9.17) is 14.7 Å². The average molecular weight is 259 g/mol. The summed E-state index contributed by atoms with van der Waals surface area (Å²) in [6.45, 7) is 1.90. The van der Waals surface area contributed by atoms with Crippen molar-refractivity contribution in [2.24, 2.45) is 5.73 Å². The molecule has 1 fully saturated rings. The molecular weight excluding hydrogens is 242 g/mol. The van der Waals surface area contributed by atoms with E-state index in [2.05, 4.69) is 10.1 Å². The summed E-state index contributed by atoms with van der Waals surface area (Å²) >= 11 is 0. The van der Waals surface area contributed by atoms with Crippen LogP contribution < -0.4 is 5.73 Å². The molecule has 2 heterocycles. The van der Waals surface area contributed by atoms with E-state index in [1.807, 2.05) is 25.1 Å². The Bertz CT molecular complexity index is 591. The summed E-state index contributed by atoms with van der Waals surface area (Å²) in [5.74, 6) is 2.71. The van der Waals surface area contributed by atoms with Gasteiger partial charge in [0, 0.05) is 6.08 Å². The number of nitrogens with zero attached hydrogens (tertiary/aromatic N) is 2. The molecule has 2 N–H and O–H groups in total. The van der Waals surface area contributed by atoms with Crippen LogP contribution in [-0.4, -0.2) is 10.1 Å². The number of furan rings is 1. The van der Waals surface area contributed by atoms with Gasteiger partial charge in [0.15, 0.2) is 5.82 Å². The normalized spacial score (nSPS) is 18.4. The molecule has 1 aliphatic carbocycles. The fourth-order valence-corrected chi connectivity index (χ4v) is 2.43. The summed E-state index contributed by atoms with van der Waals surface area (Å²) in [5, 5.41) is 3.99. The topological polar surface area (TPSA) is 78.1 Å². The predicted molar refractivity (Wildman–Crippen MR) is 71.0 cm³/mol. The summed E-state index contributed by atoms with van der Waals surface area (Å²) in [6.07, 6.45) is 7.65. The predicted octanol–water partition coefficient (Wildman–Crippen LogP) is 2.87. The Kier molecular flexibility index (Phi) is 2.98. The first kappa shape index (κ1) is 12.2. The van der Waals surface area contributed by atoms with Gasteiger partial charge < -0.3 is 14.7 Å². The van der Waals surface area contributed by atoms with Crippen LogP contribution >= 0.6 is 0 Å². The molecule has 100 valence electrons. The lowest BCUT2D eigenvalue weighted by molar-refractivity contribution is 0.364. The van der Waals surface area contributed by atoms with E-state index in [1.54, 1.807) is 6.08 Å². The van der Waals surface area contributed by atoms with Gasteiger partial charge in [0.05, 0.1) is 5.54 Å². The van der Waals surface area contributed by atoms with E-state index in [1.165, 1.54) is 0 Å². The zero-order valence-corrected chi connectivity index (χ0v) is 10.9. The molecule has 0 amide bonds. The minimum Gasteiger partial charge on any atom is -0.462 e. The fraction of sp³-hybridized carbons (Fsp3) is 0.429. The third-order valence-electron chi connectivity index (χ3n) is 3.53. The summed E-state index contributed by atoms with van der Waals surface area (Å²) < 4.78 is 10.6. The van der Waals surface area contributed by atoms with Crippen molar-refractivity contribution >= 4 is 12.2 Å². The monoisotopic (exact) mass is 259 g/mol. The molecule has 1 aliphatic rings. The molecule has 0 aliphatic heterocycles. The van der Waals surface area contributed by atoms with E-state index in [0.29, 0.717) is 11.7 Å². The SMILES string of the molecule is Cc1ccc(/C=C/c2nc(C3(N)CCCC3)no2)o1. The first-order valence-corrected chi connectivity index (χ1v) is 6.53. The molecule has 19 heavy (non-hydrogen) atoms. The lowest BCUT2D eigenvalue weighted by atomic mass is 9.99. The molecule has 0 unspecified atom stereocenters. The van der Waals surface area contributed by atoms with Gasteiger partial charge in [-0.15, -0.1) is 0 Å². The van der Waals surface area contributed by atoms with Crippen LogP contribution in [0.2, 0.25) is 0 Å². The van der Waals surface area contributed by atoms with Gasteiger partial charge in [-0.2, -0.15) is 4.98 Å². The molecule has 0 radical (unpaired) electrons. The Morgan fingerprint density at radius 1 is 1.26 bits per heavy atom. The van der Waals surface area contributed by atoms with Gasteiger partial charge in [-0.3, -0.25) is 0 Å². The highest BCUT2D eigenvalue weighted by Crippen LogP contribution is 2.34. The van der Waals surface area contributed by atoms with Crippen molar-refractivity contribution in [3.05, 3.63) is 35.4 Å². The Balaban J connectivity index is 1.76. The van der Waals surface area contributed by atoms with E-state index in [-0.39, 0.29) is 0 Å². The van der Waals surface area contributed by atoms with Crippen LogP contribution in [0.3, 0.4) is 0 Å². The number of aryl methyl sites for hydroxylation is 1. The second kappa shape index (κ2) is 4.66. The van der Waals surface area contributed by atoms with Crippen LogP contribution in [0.4, 0.5) is 0 Å². The van der Waals surface area contributed by atoms with Crippen molar-refractivity contribution < 1.29 is 8.94 Å². The van der Waals surface area contributed by atoms with Crippen LogP contribution in [0, 0.1) is 6.92 Å². The molecule has 3 rings (SSSR count). The van der Waals surface area contributed by atoms with Gasteiger partial charge in [0.25, 0.3) is 5.89 Å². The maximum absolute atomic E-state index is 6.28. The van der Waals surface area contributed by atoms with Crippen LogP contribution in [-0.2, 0) is 5.54 Å². The highest BCUT2D eigenvalue weighted by molar-refractivity contribution is 5.63. The van der Waals surface area contributed by atoms with Crippen molar-refractivity contribution in [1.29, 1.82) is 0 Å². The van der Waals surface area contributed by atoms with Gasteiger partial charge in [-0.1, -0.05) is 18.0 Å². The van der Waals surface area contributed by atoms with E-state index in [0.717, 1.165) is 37.2 Å².